The van der Waals surface area contributed by atoms with Gasteiger partial charge in [-0.1, -0.05) is 17.7 Å². The van der Waals surface area contributed by atoms with Crippen LogP contribution in [0.4, 0.5) is 5.69 Å². The van der Waals surface area contributed by atoms with Gasteiger partial charge < -0.3 is 19.1 Å². The molecule has 0 N–H and O–H groups in total. The highest BCUT2D eigenvalue weighted by Crippen LogP contribution is 2.27. The number of carbonyl (C=O) groups excluding carboxylic acids is 4. The predicted molar refractivity (Wildman–Crippen MR) is 132 cm³/mol. The number of ether oxygens (including phenoxy) is 3. The summed E-state index contributed by atoms with van der Waals surface area (Å²) in [4.78, 5) is 51.1. The van der Waals surface area contributed by atoms with Crippen LogP contribution in [0.3, 0.4) is 0 Å². The van der Waals surface area contributed by atoms with Crippen LogP contribution < -0.4 is 14.4 Å². The van der Waals surface area contributed by atoms with Gasteiger partial charge in [-0.25, -0.2) is 4.79 Å². The van der Waals surface area contributed by atoms with Crippen molar-refractivity contribution in [3.05, 3.63) is 88.9 Å². The maximum absolute atomic E-state index is 12.5. The number of Topliss-reactive ketones (excluding diaryl/α,β-unsaturated/α-hetero) is 1. The summed E-state index contributed by atoms with van der Waals surface area (Å²) in [7, 11) is 1.50. The van der Waals surface area contributed by atoms with Crippen molar-refractivity contribution in [2.45, 2.75) is 6.42 Å². The van der Waals surface area contributed by atoms with Gasteiger partial charge in [-0.05, 0) is 66.7 Å². The van der Waals surface area contributed by atoms with Gasteiger partial charge in [0, 0.05) is 29.2 Å². The van der Waals surface area contributed by atoms with Crippen LogP contribution >= 0.6 is 11.6 Å². The SMILES string of the molecule is COc1cccc(C(=O)Oc2ccc(C(=O)COC(=O)[C@H]3CC(=O)N(c4ccc(Cl)cc4)C3)cc2)c1. The number of carbonyl (C=O) groups is 4. The van der Waals surface area contributed by atoms with Crippen molar-refractivity contribution in [3.63, 3.8) is 0 Å². The van der Waals surface area contributed by atoms with Crippen molar-refractivity contribution < 1.29 is 33.4 Å². The normalized spacial score (nSPS) is 14.9. The Morgan fingerprint density at radius 3 is 2.36 bits per heavy atom. The van der Waals surface area contributed by atoms with E-state index < -0.39 is 30.2 Å². The molecule has 0 aromatic heterocycles. The first-order chi connectivity index (χ1) is 17.3. The van der Waals surface area contributed by atoms with Gasteiger partial charge in [-0.15, -0.1) is 0 Å². The highest BCUT2D eigenvalue weighted by molar-refractivity contribution is 6.30. The summed E-state index contributed by atoms with van der Waals surface area (Å²) >= 11 is 5.89. The summed E-state index contributed by atoms with van der Waals surface area (Å²) in [5, 5.41) is 0.544. The van der Waals surface area contributed by atoms with Gasteiger partial charge in [-0.3, -0.25) is 14.4 Å². The maximum Gasteiger partial charge on any atom is 0.343 e. The lowest BCUT2D eigenvalue weighted by atomic mass is 10.1. The zero-order valence-corrected chi connectivity index (χ0v) is 20.1. The molecule has 0 spiro atoms. The van der Waals surface area contributed by atoms with Gasteiger partial charge in [0.15, 0.2) is 12.4 Å². The molecule has 1 saturated heterocycles. The third-order valence-electron chi connectivity index (χ3n) is 5.63. The Morgan fingerprint density at radius 2 is 1.67 bits per heavy atom. The second-order valence-electron chi connectivity index (χ2n) is 8.06. The number of anilines is 1. The third kappa shape index (κ3) is 5.90. The number of hydrogen-bond donors (Lipinski definition) is 0. The minimum atomic E-state index is -0.667. The van der Waals surface area contributed by atoms with E-state index in [1.54, 1.807) is 48.5 Å². The van der Waals surface area contributed by atoms with Crippen LogP contribution in [-0.4, -0.2) is 43.9 Å². The smallest absolute Gasteiger partial charge is 0.343 e. The summed E-state index contributed by atoms with van der Waals surface area (Å²) in [6.07, 6.45) is 0.00298. The van der Waals surface area contributed by atoms with E-state index in [1.165, 1.54) is 36.3 Å². The Balaban J connectivity index is 1.29. The average Bonchev–Trinajstić information content (AvgIpc) is 3.29. The molecule has 1 heterocycles. The van der Waals surface area contributed by atoms with Gasteiger partial charge in [0.05, 0.1) is 18.6 Å². The molecule has 3 aromatic carbocycles. The van der Waals surface area contributed by atoms with E-state index in [9.17, 15) is 19.2 Å². The van der Waals surface area contributed by atoms with Gasteiger partial charge in [-0.2, -0.15) is 0 Å². The van der Waals surface area contributed by atoms with E-state index in [-0.39, 0.29) is 30.2 Å². The van der Waals surface area contributed by atoms with E-state index >= 15 is 0 Å². The van der Waals surface area contributed by atoms with Crippen LogP contribution in [0.1, 0.15) is 27.1 Å². The molecule has 1 aliphatic rings. The minimum absolute atomic E-state index is 0.00298. The highest BCUT2D eigenvalue weighted by atomic mass is 35.5. The Morgan fingerprint density at radius 1 is 0.944 bits per heavy atom. The van der Waals surface area contributed by atoms with Crippen molar-refractivity contribution >= 4 is 40.9 Å². The molecule has 184 valence electrons. The van der Waals surface area contributed by atoms with Crippen molar-refractivity contribution in [1.29, 1.82) is 0 Å². The van der Waals surface area contributed by atoms with Crippen molar-refractivity contribution in [2.24, 2.45) is 5.92 Å². The molecular formula is C27H22ClNO7. The topological polar surface area (TPSA) is 99.2 Å². The molecule has 3 aromatic rings. The van der Waals surface area contributed by atoms with Gasteiger partial charge >= 0.3 is 11.9 Å². The van der Waals surface area contributed by atoms with E-state index in [0.29, 0.717) is 22.0 Å². The lowest BCUT2D eigenvalue weighted by molar-refractivity contribution is -0.147. The molecule has 0 unspecified atom stereocenters. The lowest BCUT2D eigenvalue weighted by Crippen LogP contribution is -2.27. The zero-order valence-electron chi connectivity index (χ0n) is 19.3. The number of amides is 1. The van der Waals surface area contributed by atoms with E-state index in [4.69, 9.17) is 25.8 Å². The number of nitrogens with zero attached hydrogens (tertiary/aromatic N) is 1. The molecule has 4 rings (SSSR count). The number of rotatable bonds is 8. The molecule has 1 atom stereocenters. The molecule has 0 bridgehead atoms. The van der Waals surface area contributed by atoms with Crippen molar-refractivity contribution in [3.8, 4) is 11.5 Å². The second-order valence-corrected chi connectivity index (χ2v) is 8.49. The number of hydrogen-bond acceptors (Lipinski definition) is 7. The Bertz CT molecular complexity index is 1290. The van der Waals surface area contributed by atoms with Crippen molar-refractivity contribution in [2.75, 3.05) is 25.2 Å². The van der Waals surface area contributed by atoms with E-state index in [0.717, 1.165) is 0 Å². The third-order valence-corrected chi connectivity index (χ3v) is 5.89. The lowest BCUT2D eigenvalue weighted by Gasteiger charge is -2.16. The summed E-state index contributed by atoms with van der Waals surface area (Å²) in [5.41, 5.74) is 1.25. The van der Waals surface area contributed by atoms with Crippen LogP contribution in [-0.2, 0) is 14.3 Å². The van der Waals surface area contributed by atoms with Crippen LogP contribution in [0.5, 0.6) is 11.5 Å². The fraction of sp³-hybridized carbons (Fsp3) is 0.185. The molecular weight excluding hydrogens is 486 g/mol. The second kappa shape index (κ2) is 11.0. The molecule has 1 aliphatic heterocycles. The molecule has 1 amide bonds. The predicted octanol–water partition coefficient (Wildman–Crippen LogP) is 4.35. The Hall–Kier alpha value is -4.17. The van der Waals surface area contributed by atoms with E-state index in [2.05, 4.69) is 0 Å². The first-order valence-corrected chi connectivity index (χ1v) is 11.4. The molecule has 9 heteroatoms. The maximum atomic E-state index is 12.5. The van der Waals surface area contributed by atoms with Gasteiger partial charge in [0.1, 0.15) is 11.5 Å². The number of esters is 2. The number of methoxy groups -OCH3 is 1. The molecule has 36 heavy (non-hydrogen) atoms. The quantitative estimate of drug-likeness (QED) is 0.254. The fourth-order valence-electron chi connectivity index (χ4n) is 3.70. The largest absolute Gasteiger partial charge is 0.497 e. The van der Waals surface area contributed by atoms with Crippen LogP contribution in [0, 0.1) is 5.92 Å². The summed E-state index contributed by atoms with van der Waals surface area (Å²) < 4.78 is 15.6. The van der Waals surface area contributed by atoms with Crippen molar-refractivity contribution in [1.82, 2.24) is 0 Å². The van der Waals surface area contributed by atoms with Crippen LogP contribution in [0.25, 0.3) is 0 Å². The standard InChI is InChI=1S/C27H22ClNO7/c1-34-23-4-2-3-18(13-23)27(33)36-22-11-5-17(6-12-22)24(30)16-35-26(32)19-14-25(31)29(15-19)21-9-7-20(28)8-10-21/h2-13,19H,14-16H2,1H3/t19-/m0/s1. The highest BCUT2D eigenvalue weighted by Gasteiger charge is 2.36. The van der Waals surface area contributed by atoms with E-state index in [1.807, 2.05) is 0 Å². The first-order valence-electron chi connectivity index (χ1n) is 11.1. The number of halogens is 1. The molecule has 0 radical (unpaired) electrons. The minimum Gasteiger partial charge on any atom is -0.497 e. The molecule has 0 aliphatic carbocycles. The summed E-state index contributed by atoms with van der Waals surface area (Å²) in [6.45, 7) is -0.297. The first kappa shape index (κ1) is 24.9. The molecule has 0 saturated carbocycles. The monoisotopic (exact) mass is 507 g/mol. The fourth-order valence-corrected chi connectivity index (χ4v) is 3.82. The molecule has 8 nitrogen and oxygen atoms in total. The average molecular weight is 508 g/mol. The zero-order chi connectivity index (χ0) is 25.7. The molecule has 1 fully saturated rings. The van der Waals surface area contributed by atoms with Gasteiger partial charge in [0.25, 0.3) is 0 Å². The van der Waals surface area contributed by atoms with Crippen LogP contribution in [0.15, 0.2) is 72.8 Å². The summed E-state index contributed by atoms with van der Waals surface area (Å²) in [6, 6.07) is 19.2. The van der Waals surface area contributed by atoms with Gasteiger partial charge in [0.2, 0.25) is 5.91 Å². The summed E-state index contributed by atoms with van der Waals surface area (Å²) in [5.74, 6) is -1.70. The number of ketones is 1. The van der Waals surface area contributed by atoms with Crippen LogP contribution in [0.2, 0.25) is 5.02 Å². The number of benzene rings is 3. The Kier molecular flexibility index (Phi) is 7.65. The Labute approximate surface area is 212 Å².